The lowest BCUT2D eigenvalue weighted by molar-refractivity contribution is 0.490. The zero-order valence-electron chi connectivity index (χ0n) is 10.8. The Balaban J connectivity index is 1.74. The summed E-state index contributed by atoms with van der Waals surface area (Å²) in [5, 5.41) is 3.23. The summed E-state index contributed by atoms with van der Waals surface area (Å²) < 4.78 is 5.51. The highest BCUT2D eigenvalue weighted by atomic mass is 16.3. The SMILES string of the molecule is Cc1ccc(CNc2cc(NN)nc(C3CC3)n2)o1. The van der Waals surface area contributed by atoms with Crippen molar-refractivity contribution < 1.29 is 4.42 Å². The van der Waals surface area contributed by atoms with Crippen LogP contribution in [-0.4, -0.2) is 9.97 Å². The normalized spacial score (nSPS) is 14.4. The number of anilines is 2. The van der Waals surface area contributed by atoms with Gasteiger partial charge in [0.25, 0.3) is 0 Å². The molecule has 0 unspecified atom stereocenters. The van der Waals surface area contributed by atoms with Gasteiger partial charge in [-0.15, -0.1) is 0 Å². The summed E-state index contributed by atoms with van der Waals surface area (Å²) in [6, 6.07) is 5.69. The molecule has 100 valence electrons. The summed E-state index contributed by atoms with van der Waals surface area (Å²) in [6.07, 6.45) is 2.32. The van der Waals surface area contributed by atoms with Gasteiger partial charge in [-0.2, -0.15) is 0 Å². The second-order valence-corrected chi connectivity index (χ2v) is 4.78. The molecule has 0 aromatic carbocycles. The lowest BCUT2D eigenvalue weighted by Gasteiger charge is -2.08. The van der Waals surface area contributed by atoms with Gasteiger partial charge in [0.15, 0.2) is 0 Å². The van der Waals surface area contributed by atoms with Gasteiger partial charge in [0.05, 0.1) is 6.54 Å². The van der Waals surface area contributed by atoms with Crippen molar-refractivity contribution in [1.82, 2.24) is 9.97 Å². The molecule has 0 radical (unpaired) electrons. The van der Waals surface area contributed by atoms with E-state index in [1.54, 1.807) is 6.07 Å². The van der Waals surface area contributed by atoms with Crippen molar-refractivity contribution in [3.8, 4) is 0 Å². The number of hydrazine groups is 1. The first-order valence-corrected chi connectivity index (χ1v) is 6.39. The van der Waals surface area contributed by atoms with Crippen molar-refractivity contribution >= 4 is 11.6 Å². The zero-order chi connectivity index (χ0) is 13.2. The fourth-order valence-corrected chi connectivity index (χ4v) is 1.91. The van der Waals surface area contributed by atoms with E-state index in [0.717, 1.165) is 36.0 Å². The summed E-state index contributed by atoms with van der Waals surface area (Å²) in [6.45, 7) is 2.52. The molecule has 0 bridgehead atoms. The molecule has 1 fully saturated rings. The third-order valence-corrected chi connectivity index (χ3v) is 3.07. The Morgan fingerprint density at radius 3 is 2.74 bits per heavy atom. The molecule has 6 nitrogen and oxygen atoms in total. The fraction of sp³-hybridized carbons (Fsp3) is 0.385. The second kappa shape index (κ2) is 4.89. The van der Waals surface area contributed by atoms with Crippen LogP contribution in [0.3, 0.4) is 0 Å². The van der Waals surface area contributed by atoms with Gasteiger partial charge in [0, 0.05) is 12.0 Å². The van der Waals surface area contributed by atoms with Crippen molar-refractivity contribution in [3.05, 3.63) is 35.5 Å². The van der Waals surface area contributed by atoms with Gasteiger partial charge in [0.2, 0.25) is 0 Å². The smallest absolute Gasteiger partial charge is 0.145 e. The highest BCUT2D eigenvalue weighted by molar-refractivity contribution is 5.47. The lowest BCUT2D eigenvalue weighted by atomic mass is 10.3. The van der Waals surface area contributed by atoms with Crippen molar-refractivity contribution in [2.24, 2.45) is 5.84 Å². The lowest BCUT2D eigenvalue weighted by Crippen LogP contribution is -2.12. The number of aryl methyl sites for hydroxylation is 1. The summed E-state index contributed by atoms with van der Waals surface area (Å²) in [5.41, 5.74) is 2.58. The quantitative estimate of drug-likeness (QED) is 0.563. The van der Waals surface area contributed by atoms with Gasteiger partial charge in [-0.05, 0) is 31.9 Å². The summed E-state index contributed by atoms with van der Waals surface area (Å²) in [5.74, 6) is 9.96. The van der Waals surface area contributed by atoms with E-state index in [1.165, 1.54) is 0 Å². The van der Waals surface area contributed by atoms with E-state index in [-0.39, 0.29) is 0 Å². The van der Waals surface area contributed by atoms with E-state index in [2.05, 4.69) is 20.7 Å². The van der Waals surface area contributed by atoms with Crippen molar-refractivity contribution in [3.63, 3.8) is 0 Å². The molecule has 0 atom stereocenters. The van der Waals surface area contributed by atoms with Gasteiger partial charge in [0.1, 0.15) is 29.0 Å². The van der Waals surface area contributed by atoms with Crippen molar-refractivity contribution in [2.75, 3.05) is 10.7 Å². The number of furan rings is 1. The maximum absolute atomic E-state index is 5.51. The summed E-state index contributed by atoms with van der Waals surface area (Å²) in [7, 11) is 0. The third-order valence-electron chi connectivity index (χ3n) is 3.07. The maximum Gasteiger partial charge on any atom is 0.145 e. The Labute approximate surface area is 111 Å². The molecule has 6 heteroatoms. The average molecular weight is 259 g/mol. The van der Waals surface area contributed by atoms with Crippen LogP contribution in [0.25, 0.3) is 0 Å². The van der Waals surface area contributed by atoms with Crippen LogP contribution in [0.2, 0.25) is 0 Å². The number of rotatable bonds is 5. The maximum atomic E-state index is 5.51. The first kappa shape index (κ1) is 12.0. The number of nitrogens with zero attached hydrogens (tertiary/aromatic N) is 2. The fourth-order valence-electron chi connectivity index (χ4n) is 1.91. The van der Waals surface area contributed by atoms with E-state index in [1.807, 2.05) is 19.1 Å². The van der Waals surface area contributed by atoms with Crippen LogP contribution >= 0.6 is 0 Å². The average Bonchev–Trinajstić information content (AvgIpc) is 3.19. The van der Waals surface area contributed by atoms with Crippen LogP contribution in [0.15, 0.2) is 22.6 Å². The molecule has 2 aromatic heterocycles. The zero-order valence-corrected chi connectivity index (χ0v) is 10.8. The highest BCUT2D eigenvalue weighted by Gasteiger charge is 2.27. The molecular formula is C13H17N5O. The molecule has 1 aliphatic rings. The number of nitrogens with one attached hydrogen (secondary N) is 2. The Morgan fingerprint density at radius 1 is 1.32 bits per heavy atom. The number of nitrogen functional groups attached to an aromatic ring is 1. The van der Waals surface area contributed by atoms with E-state index in [0.29, 0.717) is 18.3 Å². The monoisotopic (exact) mass is 259 g/mol. The van der Waals surface area contributed by atoms with Crippen LogP contribution < -0.4 is 16.6 Å². The highest BCUT2D eigenvalue weighted by Crippen LogP contribution is 2.38. The third kappa shape index (κ3) is 2.85. The number of nitrogens with two attached hydrogens (primary N) is 1. The number of hydrogen-bond donors (Lipinski definition) is 3. The van der Waals surface area contributed by atoms with E-state index in [4.69, 9.17) is 10.3 Å². The largest absolute Gasteiger partial charge is 0.465 e. The Bertz CT molecular complexity index is 576. The van der Waals surface area contributed by atoms with Crippen LogP contribution in [0.1, 0.15) is 36.1 Å². The molecule has 3 rings (SSSR count). The summed E-state index contributed by atoms with van der Waals surface area (Å²) in [4.78, 5) is 8.87. The van der Waals surface area contributed by atoms with Crippen LogP contribution in [-0.2, 0) is 6.54 Å². The first-order chi connectivity index (χ1) is 9.24. The topological polar surface area (TPSA) is 89.0 Å². The van der Waals surface area contributed by atoms with Crippen molar-refractivity contribution in [2.45, 2.75) is 32.2 Å². The first-order valence-electron chi connectivity index (χ1n) is 6.39. The predicted molar refractivity (Wildman–Crippen MR) is 72.6 cm³/mol. The molecule has 0 amide bonds. The van der Waals surface area contributed by atoms with Crippen LogP contribution in [0, 0.1) is 6.92 Å². The molecule has 2 aromatic rings. The molecule has 1 aliphatic carbocycles. The van der Waals surface area contributed by atoms with E-state index < -0.39 is 0 Å². The number of aromatic nitrogens is 2. The van der Waals surface area contributed by atoms with Gasteiger partial charge >= 0.3 is 0 Å². The standard InChI is InChI=1S/C13H17N5O/c1-8-2-5-10(19-8)7-15-11-6-12(18-14)17-13(16-11)9-3-4-9/h2,5-6,9H,3-4,7,14H2,1H3,(H2,15,16,17,18). The molecule has 0 aliphatic heterocycles. The second-order valence-electron chi connectivity index (χ2n) is 4.78. The predicted octanol–water partition coefficient (Wildman–Crippen LogP) is 2.15. The van der Waals surface area contributed by atoms with Gasteiger partial charge in [-0.1, -0.05) is 0 Å². The summed E-state index contributed by atoms with van der Waals surface area (Å²) >= 11 is 0. The Morgan fingerprint density at radius 2 is 2.11 bits per heavy atom. The van der Waals surface area contributed by atoms with Gasteiger partial charge in [-0.3, -0.25) is 0 Å². The molecule has 1 saturated carbocycles. The molecule has 4 N–H and O–H groups in total. The molecule has 2 heterocycles. The minimum absolute atomic E-state index is 0.486. The molecular weight excluding hydrogens is 242 g/mol. The Hall–Kier alpha value is -2.08. The van der Waals surface area contributed by atoms with Gasteiger partial charge in [-0.25, -0.2) is 15.8 Å². The molecule has 0 spiro atoms. The van der Waals surface area contributed by atoms with Crippen molar-refractivity contribution in [1.29, 1.82) is 0 Å². The molecule has 19 heavy (non-hydrogen) atoms. The molecule has 0 saturated heterocycles. The minimum Gasteiger partial charge on any atom is -0.465 e. The Kier molecular flexibility index (Phi) is 3.08. The van der Waals surface area contributed by atoms with E-state index in [9.17, 15) is 0 Å². The van der Waals surface area contributed by atoms with Gasteiger partial charge < -0.3 is 15.2 Å². The van der Waals surface area contributed by atoms with Crippen LogP contribution in [0.5, 0.6) is 0 Å². The van der Waals surface area contributed by atoms with Crippen LogP contribution in [0.4, 0.5) is 11.6 Å². The number of hydrogen-bond acceptors (Lipinski definition) is 6. The van der Waals surface area contributed by atoms with E-state index >= 15 is 0 Å². The minimum atomic E-state index is 0.486.